The minimum Gasteiger partial charge on any atom is -0.310 e. The van der Waals surface area contributed by atoms with Crippen molar-refractivity contribution >= 4 is 27.8 Å². The molecule has 3 heteroatoms. The number of rotatable bonds is 7. The van der Waals surface area contributed by atoms with Gasteiger partial charge < -0.3 is 4.90 Å². The summed E-state index contributed by atoms with van der Waals surface area (Å²) in [6, 6.07) is 57.9. The molecule has 0 amide bonds. The summed E-state index contributed by atoms with van der Waals surface area (Å²) in [6.45, 7) is 18.3. The highest BCUT2D eigenvalue weighted by molar-refractivity contribution is 6.05. The molecular weight excluding hydrogens is 763 g/mol. The lowest BCUT2D eigenvalue weighted by atomic mass is 9.77. The fraction of sp³-hybridized carbons (Fsp3) is 0.200. The van der Waals surface area contributed by atoms with Crippen LogP contribution in [0.3, 0.4) is 0 Å². The number of benzene rings is 8. The molecule has 0 N–H and O–H groups in total. The van der Waals surface area contributed by atoms with E-state index in [1.807, 2.05) is 24.3 Å². The number of nitriles is 2. The zero-order valence-electron chi connectivity index (χ0n) is 37.5. The second kappa shape index (κ2) is 14.7. The molecule has 10 rings (SSSR count). The van der Waals surface area contributed by atoms with Gasteiger partial charge in [0, 0.05) is 33.8 Å². The summed E-state index contributed by atoms with van der Waals surface area (Å²) < 4.78 is 0. The zero-order chi connectivity index (χ0) is 43.9. The average Bonchev–Trinajstić information content (AvgIpc) is 3.64. The summed E-state index contributed by atoms with van der Waals surface area (Å²) in [4.78, 5) is 2.34. The van der Waals surface area contributed by atoms with Crippen molar-refractivity contribution in [2.45, 2.75) is 78.6 Å². The predicted octanol–water partition coefficient (Wildman–Crippen LogP) is 15.3. The first-order valence-electron chi connectivity index (χ1n) is 22.1. The molecule has 2 aliphatic carbocycles. The van der Waals surface area contributed by atoms with Crippen LogP contribution in [0.25, 0.3) is 33.0 Å². The van der Waals surface area contributed by atoms with E-state index in [-0.39, 0.29) is 16.7 Å². The topological polar surface area (TPSA) is 50.8 Å². The summed E-state index contributed by atoms with van der Waals surface area (Å²) in [6.07, 6.45) is 0.863. The predicted molar refractivity (Wildman–Crippen MR) is 261 cm³/mol. The Labute approximate surface area is 372 Å². The second-order valence-corrected chi connectivity index (χ2v) is 19.1. The molecule has 8 aromatic carbocycles. The van der Waals surface area contributed by atoms with Crippen LogP contribution in [-0.4, -0.2) is 0 Å². The van der Waals surface area contributed by atoms with Crippen LogP contribution in [0.2, 0.25) is 0 Å². The number of anilines is 3. The van der Waals surface area contributed by atoms with Gasteiger partial charge in [-0.3, -0.25) is 0 Å². The van der Waals surface area contributed by atoms with E-state index >= 15 is 0 Å². The van der Waals surface area contributed by atoms with Crippen molar-refractivity contribution in [3.05, 3.63) is 218 Å². The summed E-state index contributed by atoms with van der Waals surface area (Å²) in [5.74, 6) is 0.0893. The first-order chi connectivity index (χ1) is 30.3. The molecular formula is C60H51N3. The lowest BCUT2D eigenvalue weighted by molar-refractivity contribution is 0.651. The molecule has 1 unspecified atom stereocenters. The van der Waals surface area contributed by atoms with Crippen LogP contribution in [-0.2, 0) is 17.3 Å². The number of fused-ring (bicyclic) bond motifs is 8. The van der Waals surface area contributed by atoms with Crippen LogP contribution in [0.5, 0.6) is 0 Å². The van der Waals surface area contributed by atoms with Gasteiger partial charge in [0.25, 0.3) is 0 Å². The van der Waals surface area contributed by atoms with Crippen molar-refractivity contribution in [2.24, 2.45) is 0 Å². The molecule has 0 saturated heterocycles. The number of nitrogens with zero attached hydrogens (tertiary/aromatic N) is 3. The minimum absolute atomic E-state index is 0.0893. The third-order valence-electron chi connectivity index (χ3n) is 14.3. The third-order valence-corrected chi connectivity index (χ3v) is 14.3. The standard InChI is InChI=1S/C60H51N3/c1-36-13-19-43(38(3)27-36)29-49(42-20-15-40(34-61)16-21-42)50-31-56-58(48-12-10-9-11-46(48)50)52-33-54-51(32-55(52)60(56,7)8)47-25-24-45(30-53(47)59(54,5)6)63(44-22-17-41(35-62)18-23-44)57-26-14-37(2)28-39(57)4/h9-28,30-33,49H,29H2,1-8H3. The van der Waals surface area contributed by atoms with Crippen molar-refractivity contribution in [1.82, 2.24) is 0 Å². The lowest BCUT2D eigenvalue weighted by Gasteiger charge is -2.29. The van der Waals surface area contributed by atoms with Crippen LogP contribution in [0, 0.1) is 50.4 Å². The van der Waals surface area contributed by atoms with Crippen LogP contribution in [0.15, 0.2) is 146 Å². The Hall–Kier alpha value is -7.20. The summed E-state index contributed by atoms with van der Waals surface area (Å²) in [7, 11) is 0. The van der Waals surface area contributed by atoms with E-state index in [2.05, 4.69) is 194 Å². The summed E-state index contributed by atoms with van der Waals surface area (Å²) in [5, 5.41) is 21.9. The molecule has 0 heterocycles. The molecule has 0 aromatic heterocycles. The van der Waals surface area contributed by atoms with Crippen LogP contribution in [0.4, 0.5) is 17.1 Å². The maximum absolute atomic E-state index is 9.71. The molecule has 1 atom stereocenters. The van der Waals surface area contributed by atoms with Gasteiger partial charge in [-0.15, -0.1) is 0 Å². The van der Waals surface area contributed by atoms with E-state index in [9.17, 15) is 10.5 Å². The van der Waals surface area contributed by atoms with Gasteiger partial charge in [0.15, 0.2) is 0 Å². The van der Waals surface area contributed by atoms with Crippen molar-refractivity contribution in [2.75, 3.05) is 4.90 Å². The van der Waals surface area contributed by atoms with Crippen molar-refractivity contribution in [3.8, 4) is 34.4 Å². The first-order valence-corrected chi connectivity index (χ1v) is 22.1. The SMILES string of the molecule is Cc1ccc(CC(c2ccc(C#N)cc2)c2cc3c(c4ccccc24)-c2cc4c(cc2C3(C)C)-c2ccc(N(c3ccc(C#N)cc3)c3ccc(C)cc3C)cc2C4(C)C)c(C)c1. The molecule has 0 fully saturated rings. The fourth-order valence-electron chi connectivity index (χ4n) is 10.9. The van der Waals surface area contributed by atoms with Crippen LogP contribution < -0.4 is 4.90 Å². The van der Waals surface area contributed by atoms with Gasteiger partial charge in [-0.25, -0.2) is 0 Å². The molecule has 0 saturated carbocycles. The molecule has 0 aliphatic heterocycles. The Balaban J connectivity index is 1.12. The number of aryl methyl sites for hydroxylation is 4. The Bertz CT molecular complexity index is 3260. The largest absolute Gasteiger partial charge is 0.310 e. The Kier molecular flexibility index (Phi) is 9.33. The van der Waals surface area contributed by atoms with Gasteiger partial charge in [-0.05, 0) is 184 Å². The lowest BCUT2D eigenvalue weighted by Crippen LogP contribution is -2.18. The van der Waals surface area contributed by atoms with Gasteiger partial charge in [-0.1, -0.05) is 118 Å². The van der Waals surface area contributed by atoms with E-state index < -0.39 is 0 Å². The van der Waals surface area contributed by atoms with Crippen molar-refractivity contribution < 1.29 is 0 Å². The zero-order valence-corrected chi connectivity index (χ0v) is 37.5. The molecule has 0 radical (unpaired) electrons. The first kappa shape index (κ1) is 39.9. The molecule has 0 spiro atoms. The van der Waals surface area contributed by atoms with Crippen LogP contribution in [0.1, 0.15) is 106 Å². The van der Waals surface area contributed by atoms with Gasteiger partial charge >= 0.3 is 0 Å². The average molecular weight is 814 g/mol. The van der Waals surface area contributed by atoms with Crippen molar-refractivity contribution in [3.63, 3.8) is 0 Å². The maximum atomic E-state index is 9.71. The smallest absolute Gasteiger partial charge is 0.0991 e. The number of hydrogen-bond acceptors (Lipinski definition) is 3. The molecule has 8 aromatic rings. The Morgan fingerprint density at radius 2 is 1.08 bits per heavy atom. The quantitative estimate of drug-likeness (QED) is 0.161. The second-order valence-electron chi connectivity index (χ2n) is 19.1. The third kappa shape index (κ3) is 6.38. The van der Waals surface area contributed by atoms with E-state index in [1.54, 1.807) is 0 Å². The van der Waals surface area contributed by atoms with E-state index in [4.69, 9.17) is 0 Å². The van der Waals surface area contributed by atoms with Gasteiger partial charge in [0.1, 0.15) is 0 Å². The minimum atomic E-state index is -0.260. The monoisotopic (exact) mass is 813 g/mol. The molecule has 0 bridgehead atoms. The highest BCUT2D eigenvalue weighted by atomic mass is 15.1. The fourth-order valence-corrected chi connectivity index (χ4v) is 10.9. The van der Waals surface area contributed by atoms with E-state index in [0.29, 0.717) is 11.1 Å². The van der Waals surface area contributed by atoms with Crippen LogP contribution >= 0.6 is 0 Å². The van der Waals surface area contributed by atoms with Gasteiger partial charge in [0.05, 0.1) is 23.3 Å². The molecule has 63 heavy (non-hydrogen) atoms. The van der Waals surface area contributed by atoms with E-state index in [0.717, 1.165) is 23.5 Å². The molecule has 3 nitrogen and oxygen atoms in total. The normalized spacial score (nSPS) is 14.3. The van der Waals surface area contributed by atoms with Crippen molar-refractivity contribution in [1.29, 1.82) is 10.5 Å². The maximum Gasteiger partial charge on any atom is 0.0991 e. The van der Waals surface area contributed by atoms with Gasteiger partial charge in [-0.2, -0.15) is 10.5 Å². The van der Waals surface area contributed by atoms with Gasteiger partial charge in [0.2, 0.25) is 0 Å². The highest BCUT2D eigenvalue weighted by Gasteiger charge is 2.43. The highest BCUT2D eigenvalue weighted by Crippen LogP contribution is 2.59. The number of hydrogen-bond donors (Lipinski definition) is 0. The molecule has 306 valence electrons. The Morgan fingerprint density at radius 1 is 0.508 bits per heavy atom. The Morgan fingerprint density at radius 3 is 1.75 bits per heavy atom. The molecule has 2 aliphatic rings. The summed E-state index contributed by atoms with van der Waals surface area (Å²) in [5.41, 5.74) is 23.6. The summed E-state index contributed by atoms with van der Waals surface area (Å²) >= 11 is 0. The van der Waals surface area contributed by atoms with E-state index in [1.165, 1.54) is 94.2 Å².